The van der Waals surface area contributed by atoms with Gasteiger partial charge >= 0.3 is 0 Å². The summed E-state index contributed by atoms with van der Waals surface area (Å²) in [6, 6.07) is 5.62. The maximum atomic E-state index is 12.3. The smallest absolute Gasteiger partial charge is 0.224 e. The summed E-state index contributed by atoms with van der Waals surface area (Å²) >= 11 is 0. The lowest BCUT2D eigenvalue weighted by molar-refractivity contribution is -0.117. The van der Waals surface area contributed by atoms with E-state index in [1.165, 1.54) is 12.8 Å². The summed E-state index contributed by atoms with van der Waals surface area (Å²) in [4.78, 5) is 16.7. The number of fused-ring (bicyclic) bond motifs is 1. The van der Waals surface area contributed by atoms with Crippen molar-refractivity contribution in [2.45, 2.75) is 39.5 Å². The molecular weight excluding hydrogens is 290 g/mol. The second-order valence-corrected chi connectivity index (χ2v) is 6.48. The molecule has 5 nitrogen and oxygen atoms in total. The van der Waals surface area contributed by atoms with E-state index in [4.69, 9.17) is 4.42 Å². The summed E-state index contributed by atoms with van der Waals surface area (Å²) in [5, 5.41) is 6.41. The van der Waals surface area contributed by atoms with Crippen molar-refractivity contribution in [3.63, 3.8) is 0 Å². The van der Waals surface area contributed by atoms with E-state index in [0.29, 0.717) is 18.3 Å². The van der Waals surface area contributed by atoms with E-state index in [9.17, 15) is 4.79 Å². The molecule has 1 amide bonds. The predicted octanol–water partition coefficient (Wildman–Crippen LogP) is 3.35. The number of benzene rings is 1. The minimum Gasteiger partial charge on any atom is -0.441 e. The monoisotopic (exact) mass is 315 g/mol. The molecule has 1 aliphatic heterocycles. The van der Waals surface area contributed by atoms with Crippen molar-refractivity contribution in [2.24, 2.45) is 11.8 Å². The molecule has 1 aromatic heterocycles. The van der Waals surface area contributed by atoms with E-state index in [-0.39, 0.29) is 5.91 Å². The van der Waals surface area contributed by atoms with Crippen LogP contribution in [0.4, 0.5) is 5.69 Å². The number of nitrogens with zero attached hydrogens (tertiary/aromatic N) is 1. The third-order valence-corrected chi connectivity index (χ3v) is 4.67. The first-order chi connectivity index (χ1) is 11.2. The lowest BCUT2D eigenvalue weighted by Gasteiger charge is -2.28. The number of oxazole rings is 1. The predicted molar refractivity (Wildman–Crippen MR) is 91.4 cm³/mol. The van der Waals surface area contributed by atoms with Crippen LogP contribution in [0.2, 0.25) is 0 Å². The molecule has 2 N–H and O–H groups in total. The minimum absolute atomic E-state index is 0.0710. The molecule has 0 bridgehead atoms. The van der Waals surface area contributed by atoms with Gasteiger partial charge in [-0.25, -0.2) is 4.98 Å². The van der Waals surface area contributed by atoms with Gasteiger partial charge in [0.1, 0.15) is 5.52 Å². The summed E-state index contributed by atoms with van der Waals surface area (Å²) in [7, 11) is 0. The summed E-state index contributed by atoms with van der Waals surface area (Å²) in [5.74, 6) is 1.79. The molecule has 2 aromatic rings. The molecule has 1 fully saturated rings. The molecule has 0 saturated carbocycles. The highest BCUT2D eigenvalue weighted by atomic mass is 16.3. The van der Waals surface area contributed by atoms with Crippen molar-refractivity contribution in [3.05, 3.63) is 24.1 Å². The van der Waals surface area contributed by atoms with Crippen molar-refractivity contribution < 1.29 is 9.21 Å². The summed E-state index contributed by atoms with van der Waals surface area (Å²) in [6.45, 7) is 6.31. The van der Waals surface area contributed by atoms with Crippen molar-refractivity contribution in [1.29, 1.82) is 0 Å². The lowest BCUT2D eigenvalue weighted by atomic mass is 9.85. The average molecular weight is 315 g/mol. The number of amides is 1. The Morgan fingerprint density at radius 3 is 3.13 bits per heavy atom. The van der Waals surface area contributed by atoms with Gasteiger partial charge in [-0.3, -0.25) is 4.79 Å². The zero-order valence-corrected chi connectivity index (χ0v) is 13.9. The first kappa shape index (κ1) is 16.0. The standard InChI is InChI=1S/C18H25N3O2/c1-3-18-21-15-10-14(6-7-16(15)23-18)20-17(22)9-12(2)13-5-4-8-19-11-13/h6-7,10,12-13,19H,3-5,8-9,11H2,1-2H3,(H,20,22). The number of nitrogens with one attached hydrogen (secondary N) is 2. The average Bonchev–Trinajstić information content (AvgIpc) is 2.98. The SMILES string of the molecule is CCc1nc2cc(NC(=O)CC(C)C3CCCNC3)ccc2o1. The zero-order chi connectivity index (χ0) is 16.2. The van der Waals surface area contributed by atoms with Gasteiger partial charge in [0.05, 0.1) is 0 Å². The van der Waals surface area contributed by atoms with Gasteiger partial charge in [-0.05, 0) is 56.0 Å². The van der Waals surface area contributed by atoms with Crippen molar-refractivity contribution in [2.75, 3.05) is 18.4 Å². The quantitative estimate of drug-likeness (QED) is 0.888. The summed E-state index contributed by atoms with van der Waals surface area (Å²) < 4.78 is 5.59. The highest BCUT2D eigenvalue weighted by Crippen LogP contribution is 2.24. The Morgan fingerprint density at radius 1 is 1.52 bits per heavy atom. The first-order valence-corrected chi connectivity index (χ1v) is 8.55. The van der Waals surface area contributed by atoms with Crippen LogP contribution in [0, 0.1) is 11.8 Å². The first-order valence-electron chi connectivity index (χ1n) is 8.55. The number of piperidine rings is 1. The number of rotatable bonds is 5. The van der Waals surface area contributed by atoms with Gasteiger partial charge in [0.15, 0.2) is 11.5 Å². The highest BCUT2D eigenvalue weighted by Gasteiger charge is 2.22. The molecule has 124 valence electrons. The van der Waals surface area contributed by atoms with Gasteiger partial charge in [0.25, 0.3) is 0 Å². The van der Waals surface area contributed by atoms with Crippen LogP contribution in [0.25, 0.3) is 11.1 Å². The molecule has 1 aromatic carbocycles. The number of carbonyl (C=O) groups excluding carboxylic acids is 1. The molecule has 0 spiro atoms. The van der Waals surface area contributed by atoms with Crippen LogP contribution in [0.15, 0.2) is 22.6 Å². The molecule has 3 rings (SSSR count). The van der Waals surface area contributed by atoms with E-state index in [2.05, 4.69) is 22.5 Å². The Hall–Kier alpha value is -1.88. The van der Waals surface area contributed by atoms with Crippen LogP contribution in [0.5, 0.6) is 0 Å². The van der Waals surface area contributed by atoms with Gasteiger partial charge in [0, 0.05) is 18.5 Å². The van der Waals surface area contributed by atoms with Crippen LogP contribution in [-0.4, -0.2) is 24.0 Å². The molecule has 1 saturated heterocycles. The molecule has 2 heterocycles. The molecule has 1 aliphatic rings. The normalized spacial score (nSPS) is 19.7. The van der Waals surface area contributed by atoms with Gasteiger partial charge in [0.2, 0.25) is 5.91 Å². The van der Waals surface area contributed by atoms with Crippen molar-refractivity contribution in [3.8, 4) is 0 Å². The van der Waals surface area contributed by atoms with Crippen molar-refractivity contribution >= 4 is 22.7 Å². The summed E-state index contributed by atoms with van der Waals surface area (Å²) in [5.41, 5.74) is 2.35. The number of aromatic nitrogens is 1. The van der Waals surface area contributed by atoms with E-state index < -0.39 is 0 Å². The maximum Gasteiger partial charge on any atom is 0.224 e. The Morgan fingerprint density at radius 2 is 2.39 bits per heavy atom. The molecule has 5 heteroatoms. The van der Waals surface area contributed by atoms with Crippen LogP contribution < -0.4 is 10.6 Å². The Balaban J connectivity index is 1.60. The number of hydrogen-bond acceptors (Lipinski definition) is 4. The fourth-order valence-corrected chi connectivity index (χ4v) is 3.24. The second kappa shape index (κ2) is 7.13. The van der Waals surface area contributed by atoms with E-state index in [1.54, 1.807) is 0 Å². The van der Waals surface area contributed by atoms with Crippen LogP contribution in [0.1, 0.15) is 39.0 Å². The molecule has 0 aliphatic carbocycles. The van der Waals surface area contributed by atoms with E-state index >= 15 is 0 Å². The van der Waals surface area contributed by atoms with Gasteiger partial charge in [-0.15, -0.1) is 0 Å². The van der Waals surface area contributed by atoms with Crippen LogP contribution >= 0.6 is 0 Å². The molecular formula is C18H25N3O2. The number of carbonyl (C=O) groups is 1. The second-order valence-electron chi connectivity index (χ2n) is 6.48. The number of hydrogen-bond donors (Lipinski definition) is 2. The molecule has 0 radical (unpaired) electrons. The fraction of sp³-hybridized carbons (Fsp3) is 0.556. The zero-order valence-electron chi connectivity index (χ0n) is 13.9. The number of aryl methyl sites for hydroxylation is 1. The Bertz CT molecular complexity index is 674. The topological polar surface area (TPSA) is 67.2 Å². The third kappa shape index (κ3) is 3.91. The summed E-state index contributed by atoms with van der Waals surface area (Å²) in [6.07, 6.45) is 3.75. The van der Waals surface area contributed by atoms with Crippen molar-refractivity contribution in [1.82, 2.24) is 10.3 Å². The number of anilines is 1. The molecule has 2 unspecified atom stereocenters. The van der Waals surface area contributed by atoms with E-state index in [0.717, 1.165) is 42.2 Å². The fourth-order valence-electron chi connectivity index (χ4n) is 3.24. The van der Waals surface area contributed by atoms with E-state index in [1.807, 2.05) is 25.1 Å². The Labute approximate surface area is 136 Å². The van der Waals surface area contributed by atoms with Gasteiger partial charge < -0.3 is 15.1 Å². The van der Waals surface area contributed by atoms with Crippen LogP contribution in [0.3, 0.4) is 0 Å². The molecule has 23 heavy (non-hydrogen) atoms. The largest absolute Gasteiger partial charge is 0.441 e. The minimum atomic E-state index is 0.0710. The molecule has 2 atom stereocenters. The lowest BCUT2D eigenvalue weighted by Crippen LogP contribution is -2.34. The van der Waals surface area contributed by atoms with Gasteiger partial charge in [-0.1, -0.05) is 13.8 Å². The Kier molecular flexibility index (Phi) is 4.96. The maximum absolute atomic E-state index is 12.3. The van der Waals surface area contributed by atoms with Crippen LogP contribution in [-0.2, 0) is 11.2 Å². The third-order valence-electron chi connectivity index (χ3n) is 4.67. The van der Waals surface area contributed by atoms with Gasteiger partial charge in [-0.2, -0.15) is 0 Å². The highest BCUT2D eigenvalue weighted by molar-refractivity contribution is 5.92.